The van der Waals surface area contributed by atoms with Gasteiger partial charge in [-0.15, -0.1) is 0 Å². The predicted molar refractivity (Wildman–Crippen MR) is 74.2 cm³/mol. The van der Waals surface area contributed by atoms with Gasteiger partial charge >= 0.3 is 5.97 Å². The van der Waals surface area contributed by atoms with Crippen molar-refractivity contribution in [3.05, 3.63) is 53.5 Å². The second kappa shape index (κ2) is 5.61. The average Bonchev–Trinajstić information content (AvgIpc) is 2.89. The van der Waals surface area contributed by atoms with E-state index in [0.29, 0.717) is 11.6 Å². The summed E-state index contributed by atoms with van der Waals surface area (Å²) < 4.78 is 4.93. The minimum Gasteiger partial charge on any atom is -0.478 e. The maximum absolute atomic E-state index is 11.9. The largest absolute Gasteiger partial charge is 0.478 e. The number of carboxylic acids is 1. The molecule has 5 heteroatoms. The molecule has 2 rings (SSSR count). The van der Waals surface area contributed by atoms with Crippen LogP contribution in [-0.2, 0) is 0 Å². The van der Waals surface area contributed by atoms with Crippen LogP contribution < -0.4 is 5.32 Å². The Morgan fingerprint density at radius 1 is 1.20 bits per heavy atom. The molecule has 2 N–H and O–H groups in total. The van der Waals surface area contributed by atoms with Gasteiger partial charge in [0.05, 0.1) is 5.56 Å². The molecule has 1 aromatic heterocycles. The highest BCUT2D eigenvalue weighted by Crippen LogP contribution is 2.18. The van der Waals surface area contributed by atoms with E-state index < -0.39 is 11.9 Å². The molecule has 0 bridgehead atoms. The molecule has 5 nitrogen and oxygen atoms in total. The Labute approximate surface area is 116 Å². The average molecular weight is 273 g/mol. The second-order valence-electron chi connectivity index (χ2n) is 4.74. The summed E-state index contributed by atoms with van der Waals surface area (Å²) in [5.41, 5.74) is 1.76. The third-order valence-electron chi connectivity index (χ3n) is 2.91. The van der Waals surface area contributed by atoms with Crippen LogP contribution in [0.1, 0.15) is 46.2 Å². The number of amides is 1. The fourth-order valence-electron chi connectivity index (χ4n) is 1.71. The van der Waals surface area contributed by atoms with E-state index in [4.69, 9.17) is 9.52 Å². The van der Waals surface area contributed by atoms with Crippen molar-refractivity contribution in [2.75, 3.05) is 5.32 Å². The van der Waals surface area contributed by atoms with Crippen molar-refractivity contribution in [3.63, 3.8) is 0 Å². The van der Waals surface area contributed by atoms with Gasteiger partial charge in [0.15, 0.2) is 5.76 Å². The molecule has 0 radical (unpaired) electrons. The summed E-state index contributed by atoms with van der Waals surface area (Å²) in [4.78, 5) is 22.6. The van der Waals surface area contributed by atoms with Crippen molar-refractivity contribution in [2.24, 2.45) is 0 Å². The molecule has 1 heterocycles. The summed E-state index contributed by atoms with van der Waals surface area (Å²) in [6.07, 6.45) is 1.04. The van der Waals surface area contributed by atoms with Crippen LogP contribution in [-0.4, -0.2) is 17.0 Å². The SMILES string of the molecule is CC(C)c1ccc(NC(=O)c2cc(C(=O)O)co2)cc1. The molecule has 1 amide bonds. The van der Waals surface area contributed by atoms with E-state index in [-0.39, 0.29) is 11.3 Å². The van der Waals surface area contributed by atoms with Crippen molar-refractivity contribution in [1.29, 1.82) is 0 Å². The lowest BCUT2D eigenvalue weighted by Crippen LogP contribution is -2.11. The highest BCUT2D eigenvalue weighted by molar-refractivity contribution is 6.03. The Bertz CT molecular complexity index is 626. The van der Waals surface area contributed by atoms with Crippen LogP contribution >= 0.6 is 0 Å². The van der Waals surface area contributed by atoms with E-state index >= 15 is 0 Å². The zero-order valence-electron chi connectivity index (χ0n) is 11.2. The van der Waals surface area contributed by atoms with Gasteiger partial charge in [0.25, 0.3) is 5.91 Å². The molecular formula is C15H15NO4. The normalized spacial score (nSPS) is 10.6. The predicted octanol–water partition coefficient (Wildman–Crippen LogP) is 3.35. The summed E-state index contributed by atoms with van der Waals surface area (Å²) in [5, 5.41) is 11.4. The van der Waals surface area contributed by atoms with E-state index in [1.165, 1.54) is 11.6 Å². The van der Waals surface area contributed by atoms with Crippen LogP contribution in [0.4, 0.5) is 5.69 Å². The summed E-state index contributed by atoms with van der Waals surface area (Å²) in [5.74, 6) is -1.22. The minimum absolute atomic E-state index is 0.0321. The Balaban J connectivity index is 2.08. The number of carboxylic acid groups (broad SMARTS) is 1. The summed E-state index contributed by atoms with van der Waals surface area (Å²) >= 11 is 0. The van der Waals surface area contributed by atoms with Crippen LogP contribution in [0.15, 0.2) is 41.0 Å². The molecule has 0 fully saturated rings. The van der Waals surface area contributed by atoms with Crippen LogP contribution in [0, 0.1) is 0 Å². The van der Waals surface area contributed by atoms with Crippen molar-refractivity contribution in [3.8, 4) is 0 Å². The Morgan fingerprint density at radius 3 is 2.35 bits per heavy atom. The lowest BCUT2D eigenvalue weighted by molar-refractivity contribution is 0.0696. The molecule has 104 valence electrons. The van der Waals surface area contributed by atoms with E-state index in [1.54, 1.807) is 12.1 Å². The Morgan fingerprint density at radius 2 is 1.85 bits per heavy atom. The molecule has 0 saturated carbocycles. The van der Waals surface area contributed by atoms with E-state index in [0.717, 1.165) is 6.26 Å². The van der Waals surface area contributed by atoms with Gasteiger partial charge in [-0.3, -0.25) is 4.79 Å². The zero-order valence-corrected chi connectivity index (χ0v) is 11.2. The fraction of sp³-hybridized carbons (Fsp3) is 0.200. The van der Waals surface area contributed by atoms with Gasteiger partial charge in [-0.2, -0.15) is 0 Å². The number of aromatic carboxylic acids is 1. The lowest BCUT2D eigenvalue weighted by atomic mass is 10.0. The van der Waals surface area contributed by atoms with Crippen molar-refractivity contribution in [1.82, 2.24) is 0 Å². The quantitative estimate of drug-likeness (QED) is 0.895. The number of hydrogen-bond acceptors (Lipinski definition) is 3. The second-order valence-corrected chi connectivity index (χ2v) is 4.74. The zero-order chi connectivity index (χ0) is 14.7. The summed E-state index contributed by atoms with van der Waals surface area (Å²) in [6, 6.07) is 8.67. The third kappa shape index (κ3) is 3.06. The van der Waals surface area contributed by atoms with Crippen LogP contribution in [0.5, 0.6) is 0 Å². The number of benzene rings is 1. The minimum atomic E-state index is -1.13. The highest BCUT2D eigenvalue weighted by Gasteiger charge is 2.14. The summed E-state index contributed by atoms with van der Waals surface area (Å²) in [6.45, 7) is 4.17. The smallest absolute Gasteiger partial charge is 0.338 e. The molecule has 0 saturated heterocycles. The van der Waals surface area contributed by atoms with Gasteiger partial charge in [0.2, 0.25) is 0 Å². The van der Waals surface area contributed by atoms with E-state index in [2.05, 4.69) is 19.2 Å². The number of furan rings is 1. The van der Waals surface area contributed by atoms with Gasteiger partial charge in [0.1, 0.15) is 6.26 Å². The third-order valence-corrected chi connectivity index (χ3v) is 2.91. The van der Waals surface area contributed by atoms with Gasteiger partial charge in [-0.1, -0.05) is 26.0 Å². The van der Waals surface area contributed by atoms with Gasteiger partial charge in [0, 0.05) is 11.8 Å². The van der Waals surface area contributed by atoms with Crippen molar-refractivity contribution >= 4 is 17.6 Å². The number of nitrogens with one attached hydrogen (secondary N) is 1. The molecule has 20 heavy (non-hydrogen) atoms. The number of rotatable bonds is 4. The Hall–Kier alpha value is -2.56. The van der Waals surface area contributed by atoms with Crippen LogP contribution in [0.3, 0.4) is 0 Å². The fourth-order valence-corrected chi connectivity index (χ4v) is 1.71. The van der Waals surface area contributed by atoms with E-state index in [1.807, 2.05) is 12.1 Å². The molecule has 0 atom stereocenters. The molecule has 2 aromatic rings. The summed E-state index contributed by atoms with van der Waals surface area (Å²) in [7, 11) is 0. The Kier molecular flexibility index (Phi) is 3.89. The maximum Gasteiger partial charge on any atom is 0.338 e. The number of hydrogen-bond donors (Lipinski definition) is 2. The lowest BCUT2D eigenvalue weighted by Gasteiger charge is -2.07. The van der Waals surface area contributed by atoms with Gasteiger partial charge in [-0.05, 0) is 23.6 Å². The van der Waals surface area contributed by atoms with Crippen LogP contribution in [0.25, 0.3) is 0 Å². The monoisotopic (exact) mass is 273 g/mol. The van der Waals surface area contributed by atoms with Crippen LogP contribution in [0.2, 0.25) is 0 Å². The first-order valence-electron chi connectivity index (χ1n) is 6.20. The van der Waals surface area contributed by atoms with Crippen molar-refractivity contribution < 1.29 is 19.1 Å². The van der Waals surface area contributed by atoms with Crippen molar-refractivity contribution in [2.45, 2.75) is 19.8 Å². The molecular weight excluding hydrogens is 258 g/mol. The van der Waals surface area contributed by atoms with E-state index in [9.17, 15) is 9.59 Å². The topological polar surface area (TPSA) is 79.5 Å². The molecule has 1 aromatic carbocycles. The molecule has 0 aliphatic heterocycles. The highest BCUT2D eigenvalue weighted by atomic mass is 16.4. The number of carbonyl (C=O) groups excluding carboxylic acids is 1. The van der Waals surface area contributed by atoms with Gasteiger partial charge < -0.3 is 14.8 Å². The first kappa shape index (κ1) is 13.9. The maximum atomic E-state index is 11.9. The molecule has 0 aliphatic rings. The first-order valence-corrected chi connectivity index (χ1v) is 6.20. The molecule has 0 spiro atoms. The van der Waals surface area contributed by atoms with Gasteiger partial charge in [-0.25, -0.2) is 4.79 Å². The number of anilines is 1. The number of carbonyl (C=O) groups is 2. The standard InChI is InChI=1S/C15H15NO4/c1-9(2)10-3-5-12(6-4-10)16-14(17)13-7-11(8-20-13)15(18)19/h3-9H,1-2H3,(H,16,17)(H,18,19). The molecule has 0 aliphatic carbocycles. The molecule has 0 unspecified atom stereocenters. The first-order chi connectivity index (χ1) is 9.47.